The summed E-state index contributed by atoms with van der Waals surface area (Å²) in [6.45, 7) is 10.8. The number of fused-ring (bicyclic) bond motifs is 1. The number of rotatable bonds is 5. The molecule has 126 valence electrons. The van der Waals surface area contributed by atoms with Crippen molar-refractivity contribution >= 4 is 0 Å². The zero-order chi connectivity index (χ0) is 16.7. The molecule has 1 fully saturated rings. The predicted molar refractivity (Wildman–Crippen MR) is 94.3 cm³/mol. The Hall–Kier alpha value is -1.51. The highest BCUT2D eigenvalue weighted by Crippen LogP contribution is 2.57. The van der Waals surface area contributed by atoms with Gasteiger partial charge in [-0.25, -0.2) is 0 Å². The maximum atomic E-state index is 5.52. The van der Waals surface area contributed by atoms with E-state index in [1.807, 2.05) is 12.3 Å². The maximum absolute atomic E-state index is 5.52. The van der Waals surface area contributed by atoms with Crippen molar-refractivity contribution in [3.63, 3.8) is 0 Å². The van der Waals surface area contributed by atoms with Crippen LogP contribution < -0.4 is 0 Å². The number of hydrogen-bond acceptors (Lipinski definition) is 3. The van der Waals surface area contributed by atoms with E-state index in [1.54, 1.807) is 0 Å². The number of hydrogen-bond donors (Lipinski definition) is 0. The Morgan fingerprint density at radius 2 is 2.22 bits per heavy atom. The standard InChI is InChI=1S/C20H30N2O/c1-6-8-9-16(7-2)22(5)17-11-20(12-17)10-15-13-21-23-18(15)19(3,4)14-20/h7,9,13,17H,2,6,8,10-12,14H2,1,3-5H3/b16-9+. The smallest absolute Gasteiger partial charge is 0.145 e. The number of aromatic nitrogens is 1. The van der Waals surface area contributed by atoms with Gasteiger partial charge in [0.1, 0.15) is 5.76 Å². The second kappa shape index (κ2) is 5.85. The van der Waals surface area contributed by atoms with Gasteiger partial charge in [-0.2, -0.15) is 0 Å². The summed E-state index contributed by atoms with van der Waals surface area (Å²) in [5.74, 6) is 1.11. The van der Waals surface area contributed by atoms with E-state index in [0.29, 0.717) is 11.5 Å². The molecule has 0 aromatic carbocycles. The average molecular weight is 314 g/mol. The minimum Gasteiger partial charge on any atom is -0.372 e. The summed E-state index contributed by atoms with van der Waals surface area (Å²) in [6.07, 6.45) is 13.4. The van der Waals surface area contributed by atoms with Gasteiger partial charge in [0.05, 0.1) is 6.20 Å². The fraction of sp³-hybridized carbons (Fsp3) is 0.650. The third kappa shape index (κ3) is 2.86. The first-order chi connectivity index (χ1) is 10.9. The minimum atomic E-state index is 0.104. The summed E-state index contributed by atoms with van der Waals surface area (Å²) in [4.78, 5) is 2.43. The van der Waals surface area contributed by atoms with Gasteiger partial charge in [-0.1, -0.05) is 45.0 Å². The number of likely N-dealkylation sites (N-methyl/N-ethyl adjacent to an activating group) is 1. The summed E-state index contributed by atoms with van der Waals surface area (Å²) in [5, 5.41) is 4.04. The highest BCUT2D eigenvalue weighted by molar-refractivity contribution is 5.30. The Morgan fingerprint density at radius 1 is 1.48 bits per heavy atom. The van der Waals surface area contributed by atoms with Gasteiger partial charge in [0.2, 0.25) is 0 Å². The van der Waals surface area contributed by atoms with E-state index < -0.39 is 0 Å². The molecule has 1 heterocycles. The quantitative estimate of drug-likeness (QED) is 0.728. The van der Waals surface area contributed by atoms with E-state index in [0.717, 1.165) is 18.6 Å². The van der Waals surface area contributed by atoms with Gasteiger partial charge in [0.15, 0.2) is 0 Å². The summed E-state index contributed by atoms with van der Waals surface area (Å²) < 4.78 is 5.52. The molecule has 3 rings (SSSR count). The zero-order valence-corrected chi connectivity index (χ0v) is 15.1. The van der Waals surface area contributed by atoms with Gasteiger partial charge in [-0.05, 0) is 43.6 Å². The summed E-state index contributed by atoms with van der Waals surface area (Å²) in [5.41, 5.74) is 3.14. The Kier molecular flexibility index (Phi) is 4.16. The summed E-state index contributed by atoms with van der Waals surface area (Å²) in [7, 11) is 2.22. The Morgan fingerprint density at radius 3 is 2.87 bits per heavy atom. The first kappa shape index (κ1) is 16.4. The van der Waals surface area contributed by atoms with Gasteiger partial charge in [0, 0.05) is 29.8 Å². The van der Waals surface area contributed by atoms with Gasteiger partial charge in [-0.3, -0.25) is 0 Å². The van der Waals surface area contributed by atoms with Crippen LogP contribution in [0.2, 0.25) is 0 Å². The molecule has 2 aliphatic rings. The molecular weight excluding hydrogens is 284 g/mol. The van der Waals surface area contributed by atoms with E-state index in [9.17, 15) is 0 Å². The van der Waals surface area contributed by atoms with Gasteiger partial charge < -0.3 is 9.42 Å². The van der Waals surface area contributed by atoms with Crippen molar-refractivity contribution in [3.05, 3.63) is 41.9 Å². The third-order valence-corrected chi connectivity index (χ3v) is 5.78. The van der Waals surface area contributed by atoms with Crippen molar-refractivity contribution in [1.29, 1.82) is 0 Å². The largest absolute Gasteiger partial charge is 0.372 e. The molecule has 1 saturated carbocycles. The molecule has 23 heavy (non-hydrogen) atoms. The van der Waals surface area contributed by atoms with Crippen molar-refractivity contribution in [2.24, 2.45) is 5.41 Å². The third-order valence-electron chi connectivity index (χ3n) is 5.78. The fourth-order valence-electron chi connectivity index (χ4n) is 4.81. The number of allylic oxidation sites excluding steroid dienone is 2. The van der Waals surface area contributed by atoms with Crippen LogP contribution in [0.15, 0.2) is 35.1 Å². The topological polar surface area (TPSA) is 29.3 Å². The second-order valence-corrected chi connectivity index (χ2v) is 8.21. The molecule has 1 aromatic rings. The Balaban J connectivity index is 1.70. The molecule has 3 heteroatoms. The zero-order valence-electron chi connectivity index (χ0n) is 15.1. The lowest BCUT2D eigenvalue weighted by Crippen LogP contribution is -2.53. The highest BCUT2D eigenvalue weighted by Gasteiger charge is 2.53. The van der Waals surface area contributed by atoms with Crippen LogP contribution in [-0.4, -0.2) is 23.1 Å². The van der Waals surface area contributed by atoms with Crippen LogP contribution in [0.25, 0.3) is 0 Å². The molecule has 3 nitrogen and oxygen atoms in total. The van der Waals surface area contributed by atoms with E-state index in [1.165, 1.54) is 36.9 Å². The number of nitrogens with zero attached hydrogens (tertiary/aromatic N) is 2. The fourth-order valence-corrected chi connectivity index (χ4v) is 4.81. The van der Waals surface area contributed by atoms with E-state index in [4.69, 9.17) is 4.52 Å². The molecule has 0 aliphatic heterocycles. The van der Waals surface area contributed by atoms with Crippen LogP contribution in [0.4, 0.5) is 0 Å². The van der Waals surface area contributed by atoms with Crippen LogP contribution in [0, 0.1) is 5.41 Å². The molecule has 0 radical (unpaired) electrons. The molecule has 0 bridgehead atoms. The SMILES string of the molecule is C=C/C(=C\CCC)N(C)C1CC2(Cc3cnoc3C(C)(C)C2)C1. The van der Waals surface area contributed by atoms with Crippen LogP contribution in [0.3, 0.4) is 0 Å². The lowest BCUT2D eigenvalue weighted by molar-refractivity contribution is -0.00608. The Bertz CT molecular complexity index is 605. The van der Waals surface area contributed by atoms with Crippen LogP contribution in [-0.2, 0) is 11.8 Å². The first-order valence-corrected chi connectivity index (χ1v) is 8.90. The minimum absolute atomic E-state index is 0.104. The normalized spacial score (nSPS) is 29.0. The molecule has 0 atom stereocenters. The monoisotopic (exact) mass is 314 g/mol. The maximum Gasteiger partial charge on any atom is 0.145 e. The lowest BCUT2D eigenvalue weighted by atomic mass is 9.53. The number of unbranched alkanes of at least 4 members (excludes halogenated alkanes) is 1. The highest BCUT2D eigenvalue weighted by atomic mass is 16.5. The van der Waals surface area contributed by atoms with Crippen molar-refractivity contribution in [2.45, 2.75) is 70.8 Å². The van der Waals surface area contributed by atoms with E-state index in [2.05, 4.69) is 50.5 Å². The van der Waals surface area contributed by atoms with Crippen LogP contribution in [0.1, 0.15) is 64.2 Å². The second-order valence-electron chi connectivity index (χ2n) is 8.21. The molecule has 0 unspecified atom stereocenters. The average Bonchev–Trinajstić information content (AvgIpc) is 2.93. The molecular formula is C20H30N2O. The van der Waals surface area contributed by atoms with Crippen LogP contribution in [0.5, 0.6) is 0 Å². The molecule has 2 aliphatic carbocycles. The van der Waals surface area contributed by atoms with Gasteiger partial charge in [-0.15, -0.1) is 0 Å². The van der Waals surface area contributed by atoms with Gasteiger partial charge >= 0.3 is 0 Å². The molecule has 1 spiro atoms. The van der Waals surface area contributed by atoms with Crippen molar-refractivity contribution < 1.29 is 4.52 Å². The van der Waals surface area contributed by atoms with Crippen molar-refractivity contribution in [2.75, 3.05) is 7.05 Å². The predicted octanol–water partition coefficient (Wildman–Crippen LogP) is 4.85. The Labute approximate surface area is 140 Å². The summed E-state index contributed by atoms with van der Waals surface area (Å²) in [6, 6.07) is 0.633. The molecule has 0 amide bonds. The van der Waals surface area contributed by atoms with Crippen LogP contribution >= 0.6 is 0 Å². The van der Waals surface area contributed by atoms with E-state index in [-0.39, 0.29) is 5.41 Å². The lowest BCUT2D eigenvalue weighted by Gasteiger charge is -2.56. The van der Waals surface area contributed by atoms with E-state index >= 15 is 0 Å². The first-order valence-electron chi connectivity index (χ1n) is 8.90. The molecule has 0 saturated heterocycles. The van der Waals surface area contributed by atoms with Crippen molar-refractivity contribution in [3.8, 4) is 0 Å². The molecule has 0 N–H and O–H groups in total. The molecule has 1 aromatic heterocycles. The van der Waals surface area contributed by atoms with Crippen molar-refractivity contribution in [1.82, 2.24) is 10.1 Å². The van der Waals surface area contributed by atoms with Gasteiger partial charge in [0.25, 0.3) is 0 Å². The summed E-state index contributed by atoms with van der Waals surface area (Å²) >= 11 is 0.